The Morgan fingerprint density at radius 1 is 1.40 bits per heavy atom. The van der Waals surface area contributed by atoms with Crippen molar-refractivity contribution in [2.45, 2.75) is 6.92 Å². The fourth-order valence-corrected chi connectivity index (χ4v) is 3.12. The van der Waals surface area contributed by atoms with E-state index in [4.69, 9.17) is 4.74 Å². The lowest BCUT2D eigenvalue weighted by molar-refractivity contribution is 0.0735. The number of carbonyl (C=O) groups is 1. The van der Waals surface area contributed by atoms with Crippen LogP contribution in [0.2, 0.25) is 0 Å². The topological polar surface area (TPSA) is 76.4 Å². The normalized spacial score (nSPS) is 18.4. The molecule has 1 saturated heterocycles. The van der Waals surface area contributed by atoms with Gasteiger partial charge >= 0.3 is 0 Å². The lowest BCUT2D eigenvalue weighted by Crippen LogP contribution is -2.38. The summed E-state index contributed by atoms with van der Waals surface area (Å²) in [4.78, 5) is 17.0. The third-order valence-electron chi connectivity index (χ3n) is 4.21. The van der Waals surface area contributed by atoms with E-state index in [1.165, 1.54) is 0 Å². The van der Waals surface area contributed by atoms with Crippen LogP contribution < -0.4 is 0 Å². The molecule has 0 unspecified atom stereocenters. The van der Waals surface area contributed by atoms with Gasteiger partial charge in [-0.1, -0.05) is 6.07 Å². The van der Waals surface area contributed by atoms with Crippen molar-refractivity contribution < 1.29 is 9.53 Å². The maximum Gasteiger partial charge on any atom is 0.254 e. The molecule has 2 heterocycles. The average Bonchev–Trinajstić information content (AvgIpc) is 2.88. The zero-order valence-electron chi connectivity index (χ0n) is 14.9. The number of ether oxygens (including phenoxy) is 1. The van der Waals surface area contributed by atoms with Crippen molar-refractivity contribution in [1.82, 2.24) is 30.0 Å². The van der Waals surface area contributed by atoms with E-state index >= 15 is 0 Å². The van der Waals surface area contributed by atoms with Crippen molar-refractivity contribution in [3.63, 3.8) is 0 Å². The first-order chi connectivity index (χ1) is 12.0. The van der Waals surface area contributed by atoms with Gasteiger partial charge in [-0.3, -0.25) is 4.79 Å². The van der Waals surface area contributed by atoms with Crippen LogP contribution in [0, 0.1) is 12.8 Å². The molecule has 134 valence electrons. The van der Waals surface area contributed by atoms with Crippen molar-refractivity contribution in [3.05, 3.63) is 35.7 Å². The molecule has 0 radical (unpaired) electrons. The highest BCUT2D eigenvalue weighted by Crippen LogP contribution is 2.15. The summed E-state index contributed by atoms with van der Waals surface area (Å²) in [6, 6.07) is 7.41. The van der Waals surface area contributed by atoms with Gasteiger partial charge in [-0.05, 0) is 49.6 Å². The average molecular weight is 344 g/mol. The second-order valence-corrected chi connectivity index (χ2v) is 6.64. The lowest BCUT2D eigenvalue weighted by Gasteiger charge is -2.25. The fraction of sp³-hybridized carbons (Fsp3) is 0.529. The molecule has 0 saturated carbocycles. The molecule has 0 spiro atoms. The SMILES string of the molecule is Cc1nnnn1-c1cccc(C(=O)N2CCOC[C@@H](CN(C)C)C2)c1. The Balaban J connectivity index is 1.79. The van der Waals surface area contributed by atoms with Gasteiger partial charge in [-0.2, -0.15) is 4.68 Å². The van der Waals surface area contributed by atoms with Crippen LogP contribution in [0.3, 0.4) is 0 Å². The zero-order valence-corrected chi connectivity index (χ0v) is 14.9. The van der Waals surface area contributed by atoms with E-state index < -0.39 is 0 Å². The maximum atomic E-state index is 13.0. The predicted molar refractivity (Wildman–Crippen MR) is 92.7 cm³/mol. The molecule has 1 aliphatic heterocycles. The first-order valence-electron chi connectivity index (χ1n) is 8.42. The third kappa shape index (κ3) is 4.21. The Bertz CT molecular complexity index is 729. The summed E-state index contributed by atoms with van der Waals surface area (Å²) in [5, 5.41) is 11.5. The number of amides is 1. The van der Waals surface area contributed by atoms with Gasteiger partial charge in [-0.25, -0.2) is 0 Å². The fourth-order valence-electron chi connectivity index (χ4n) is 3.12. The van der Waals surface area contributed by atoms with Gasteiger partial charge in [0, 0.05) is 31.1 Å². The van der Waals surface area contributed by atoms with Gasteiger partial charge in [0.1, 0.15) is 0 Å². The minimum absolute atomic E-state index is 0.0156. The Morgan fingerprint density at radius 3 is 2.96 bits per heavy atom. The van der Waals surface area contributed by atoms with E-state index in [2.05, 4.69) is 20.4 Å². The van der Waals surface area contributed by atoms with E-state index in [0.717, 1.165) is 12.2 Å². The van der Waals surface area contributed by atoms with E-state index in [1.54, 1.807) is 4.68 Å². The van der Waals surface area contributed by atoms with E-state index in [-0.39, 0.29) is 5.91 Å². The lowest BCUT2D eigenvalue weighted by atomic mass is 10.1. The quantitative estimate of drug-likeness (QED) is 0.809. The highest BCUT2D eigenvalue weighted by atomic mass is 16.5. The third-order valence-corrected chi connectivity index (χ3v) is 4.21. The van der Waals surface area contributed by atoms with Gasteiger partial charge < -0.3 is 14.5 Å². The molecule has 1 amide bonds. The summed E-state index contributed by atoms with van der Waals surface area (Å²) in [6.45, 7) is 5.29. The number of hydrogen-bond donors (Lipinski definition) is 0. The molecule has 0 aliphatic carbocycles. The number of rotatable bonds is 4. The van der Waals surface area contributed by atoms with Crippen LogP contribution in [0.5, 0.6) is 0 Å². The van der Waals surface area contributed by atoms with Gasteiger partial charge in [0.05, 0.1) is 18.9 Å². The highest BCUT2D eigenvalue weighted by Gasteiger charge is 2.24. The summed E-state index contributed by atoms with van der Waals surface area (Å²) in [6.07, 6.45) is 0. The maximum absolute atomic E-state index is 13.0. The molecule has 2 aromatic rings. The summed E-state index contributed by atoms with van der Waals surface area (Å²) in [5.74, 6) is 1.01. The van der Waals surface area contributed by atoms with Crippen molar-refractivity contribution >= 4 is 5.91 Å². The molecule has 3 rings (SSSR count). The summed E-state index contributed by atoms with van der Waals surface area (Å²) in [7, 11) is 4.07. The van der Waals surface area contributed by atoms with Crippen molar-refractivity contribution in [1.29, 1.82) is 0 Å². The van der Waals surface area contributed by atoms with Crippen molar-refractivity contribution in [3.8, 4) is 5.69 Å². The Kier molecular flexibility index (Phi) is 5.40. The summed E-state index contributed by atoms with van der Waals surface area (Å²) in [5.41, 5.74) is 1.42. The molecule has 1 aromatic heterocycles. The monoisotopic (exact) mass is 344 g/mol. The van der Waals surface area contributed by atoms with Crippen LogP contribution in [0.15, 0.2) is 24.3 Å². The highest BCUT2D eigenvalue weighted by molar-refractivity contribution is 5.94. The Morgan fingerprint density at radius 2 is 2.24 bits per heavy atom. The molecular weight excluding hydrogens is 320 g/mol. The number of nitrogens with zero attached hydrogens (tertiary/aromatic N) is 6. The molecule has 25 heavy (non-hydrogen) atoms. The molecule has 0 N–H and O–H groups in total. The van der Waals surface area contributed by atoms with Crippen LogP contribution in [0.4, 0.5) is 0 Å². The first kappa shape index (κ1) is 17.5. The standard InChI is InChI=1S/C17H24N6O2/c1-13-18-19-20-23(13)16-6-4-5-15(9-16)17(24)22-7-8-25-12-14(11-22)10-21(2)3/h4-6,9,14H,7-8,10-12H2,1-3H3/t14-/m0/s1. The van der Waals surface area contributed by atoms with Gasteiger partial charge in [0.2, 0.25) is 0 Å². The number of carbonyl (C=O) groups excluding carboxylic acids is 1. The van der Waals surface area contributed by atoms with Crippen LogP contribution >= 0.6 is 0 Å². The smallest absolute Gasteiger partial charge is 0.254 e. The molecular formula is C17H24N6O2. The second-order valence-electron chi connectivity index (χ2n) is 6.64. The van der Waals surface area contributed by atoms with Crippen LogP contribution in [0.25, 0.3) is 5.69 Å². The molecule has 1 atom stereocenters. The van der Waals surface area contributed by atoms with Gasteiger partial charge in [0.15, 0.2) is 5.82 Å². The number of aromatic nitrogens is 4. The molecule has 8 heteroatoms. The summed E-state index contributed by atoms with van der Waals surface area (Å²) >= 11 is 0. The van der Waals surface area contributed by atoms with E-state index in [1.807, 2.05) is 50.2 Å². The van der Waals surface area contributed by atoms with Crippen LogP contribution in [0.1, 0.15) is 16.2 Å². The Labute approximate surface area is 147 Å². The van der Waals surface area contributed by atoms with Gasteiger partial charge in [-0.15, -0.1) is 5.10 Å². The molecule has 8 nitrogen and oxygen atoms in total. The number of tetrazole rings is 1. The van der Waals surface area contributed by atoms with E-state index in [9.17, 15) is 4.79 Å². The van der Waals surface area contributed by atoms with Crippen LogP contribution in [-0.4, -0.2) is 82.9 Å². The predicted octanol–water partition coefficient (Wildman–Crippen LogP) is 0.621. The molecule has 1 fully saturated rings. The minimum Gasteiger partial charge on any atom is -0.379 e. The minimum atomic E-state index is 0.0156. The summed E-state index contributed by atoms with van der Waals surface area (Å²) < 4.78 is 7.29. The molecule has 0 bridgehead atoms. The van der Waals surface area contributed by atoms with E-state index in [0.29, 0.717) is 43.6 Å². The Hall–Kier alpha value is -2.32. The molecule has 1 aliphatic rings. The van der Waals surface area contributed by atoms with Crippen molar-refractivity contribution in [2.24, 2.45) is 5.92 Å². The number of hydrogen-bond acceptors (Lipinski definition) is 6. The largest absolute Gasteiger partial charge is 0.379 e. The first-order valence-corrected chi connectivity index (χ1v) is 8.42. The van der Waals surface area contributed by atoms with Crippen LogP contribution in [-0.2, 0) is 4.74 Å². The zero-order chi connectivity index (χ0) is 17.8. The second kappa shape index (κ2) is 7.71. The molecule has 1 aromatic carbocycles. The number of benzene rings is 1. The van der Waals surface area contributed by atoms with Crippen molar-refractivity contribution in [2.75, 3.05) is 46.9 Å². The number of aryl methyl sites for hydroxylation is 1. The van der Waals surface area contributed by atoms with Gasteiger partial charge in [0.25, 0.3) is 5.91 Å².